The smallest absolute Gasteiger partial charge is 0.191 e. The van der Waals surface area contributed by atoms with Crippen molar-refractivity contribution < 1.29 is 18.0 Å². The lowest BCUT2D eigenvalue weighted by Gasteiger charge is -2.00. The molecule has 0 N–H and O–H groups in total. The van der Waals surface area contributed by atoms with Crippen LogP contribution in [0.5, 0.6) is 0 Å². The fraction of sp³-hybridized carbons (Fsp3) is 0. The maximum absolute atomic E-state index is 12.8. The molecule has 0 saturated heterocycles. The molecule has 4 heteroatoms. The van der Waals surface area contributed by atoms with Gasteiger partial charge in [0.2, 0.25) is 0 Å². The van der Waals surface area contributed by atoms with E-state index < -0.39 is 28.8 Å². The van der Waals surface area contributed by atoms with E-state index in [1.54, 1.807) is 0 Å². The minimum absolute atomic E-state index is 0.444. The largest absolute Gasteiger partial charge is 0.289 e. The van der Waals surface area contributed by atoms with E-state index in [1.165, 1.54) is 0 Å². The summed E-state index contributed by atoms with van der Waals surface area (Å²) in [6.45, 7) is 3.07. The highest BCUT2D eigenvalue weighted by Crippen LogP contribution is 2.15. The number of carbonyl (C=O) groups is 1. The SMILES string of the molecule is C=CC(=O)c1c(F)cc(F)cc1F. The zero-order valence-corrected chi connectivity index (χ0v) is 6.48. The summed E-state index contributed by atoms with van der Waals surface area (Å²) in [5, 5.41) is 0. The molecular weight excluding hydrogens is 181 g/mol. The second-order valence-corrected chi connectivity index (χ2v) is 2.31. The molecule has 0 amide bonds. The van der Waals surface area contributed by atoms with Crippen molar-refractivity contribution in [2.24, 2.45) is 0 Å². The Bertz CT molecular complexity index is 348. The van der Waals surface area contributed by atoms with Gasteiger partial charge >= 0.3 is 0 Å². The summed E-state index contributed by atoms with van der Waals surface area (Å²) in [6.07, 6.45) is 0.763. The van der Waals surface area contributed by atoms with Crippen molar-refractivity contribution in [1.29, 1.82) is 0 Å². The Kier molecular flexibility index (Phi) is 2.51. The van der Waals surface area contributed by atoms with Crippen molar-refractivity contribution >= 4 is 5.78 Å². The molecule has 0 radical (unpaired) electrons. The summed E-state index contributed by atoms with van der Waals surface area (Å²) in [5.74, 6) is -4.41. The van der Waals surface area contributed by atoms with E-state index in [1.807, 2.05) is 0 Å². The first-order valence-corrected chi connectivity index (χ1v) is 3.37. The van der Waals surface area contributed by atoms with Crippen LogP contribution < -0.4 is 0 Å². The third kappa shape index (κ3) is 1.77. The van der Waals surface area contributed by atoms with Gasteiger partial charge in [0.25, 0.3) is 0 Å². The Balaban J connectivity index is 3.36. The van der Waals surface area contributed by atoms with Gasteiger partial charge < -0.3 is 0 Å². The van der Waals surface area contributed by atoms with Gasteiger partial charge in [-0.3, -0.25) is 4.79 Å². The number of hydrogen-bond donors (Lipinski definition) is 0. The maximum Gasteiger partial charge on any atom is 0.191 e. The summed E-state index contributed by atoms with van der Waals surface area (Å²) in [4.78, 5) is 10.8. The highest BCUT2D eigenvalue weighted by Gasteiger charge is 2.15. The molecule has 1 nitrogen and oxygen atoms in total. The number of allylic oxidation sites excluding steroid dienone is 1. The van der Waals surface area contributed by atoms with Crippen LogP contribution in [0.4, 0.5) is 13.2 Å². The number of halogens is 3. The Morgan fingerprint density at radius 2 is 1.69 bits per heavy atom. The second kappa shape index (κ2) is 3.43. The van der Waals surface area contributed by atoms with E-state index in [2.05, 4.69) is 6.58 Å². The Morgan fingerprint density at radius 3 is 2.08 bits per heavy atom. The van der Waals surface area contributed by atoms with Crippen LogP contribution in [-0.4, -0.2) is 5.78 Å². The summed E-state index contributed by atoms with van der Waals surface area (Å²) < 4.78 is 38.0. The van der Waals surface area contributed by atoms with E-state index in [4.69, 9.17) is 0 Å². The van der Waals surface area contributed by atoms with Crippen LogP contribution in [0.2, 0.25) is 0 Å². The number of rotatable bonds is 2. The highest BCUT2D eigenvalue weighted by molar-refractivity contribution is 6.04. The number of ketones is 1. The molecule has 0 spiro atoms. The molecule has 0 aromatic heterocycles. The summed E-state index contributed by atoms with van der Waals surface area (Å²) in [5.41, 5.74) is -0.781. The van der Waals surface area contributed by atoms with Gasteiger partial charge in [-0.15, -0.1) is 0 Å². The van der Waals surface area contributed by atoms with Gasteiger partial charge in [0.15, 0.2) is 5.78 Å². The number of hydrogen-bond acceptors (Lipinski definition) is 1. The molecule has 0 heterocycles. The van der Waals surface area contributed by atoms with E-state index >= 15 is 0 Å². The van der Waals surface area contributed by atoms with Crippen molar-refractivity contribution in [3.63, 3.8) is 0 Å². The fourth-order valence-corrected chi connectivity index (χ4v) is 0.880. The van der Waals surface area contributed by atoms with Crippen molar-refractivity contribution in [3.05, 3.63) is 47.8 Å². The predicted octanol–water partition coefficient (Wildman–Crippen LogP) is 2.47. The normalized spacial score (nSPS) is 9.77. The molecule has 13 heavy (non-hydrogen) atoms. The zero-order chi connectivity index (χ0) is 10.0. The molecule has 0 saturated carbocycles. The lowest BCUT2D eigenvalue weighted by Crippen LogP contribution is -2.03. The molecule has 0 fully saturated rings. The summed E-state index contributed by atoms with van der Waals surface area (Å²) in [7, 11) is 0. The van der Waals surface area contributed by atoms with Crippen molar-refractivity contribution in [1.82, 2.24) is 0 Å². The third-order valence-corrected chi connectivity index (χ3v) is 1.44. The molecule has 0 unspecified atom stereocenters. The van der Waals surface area contributed by atoms with Gasteiger partial charge in [0.05, 0.1) is 5.56 Å². The van der Waals surface area contributed by atoms with Crippen LogP contribution in [-0.2, 0) is 0 Å². The quantitative estimate of drug-likeness (QED) is 0.512. The molecule has 1 aromatic rings. The van der Waals surface area contributed by atoms with Crippen LogP contribution in [0.15, 0.2) is 24.8 Å². The minimum Gasteiger partial charge on any atom is -0.289 e. The maximum atomic E-state index is 12.8. The zero-order valence-electron chi connectivity index (χ0n) is 6.48. The molecule has 0 atom stereocenters. The summed E-state index contributed by atoms with van der Waals surface area (Å²) in [6, 6.07) is 0.889. The molecule has 1 aromatic carbocycles. The van der Waals surface area contributed by atoms with Crippen molar-refractivity contribution in [2.45, 2.75) is 0 Å². The van der Waals surface area contributed by atoms with Gasteiger partial charge in [-0.2, -0.15) is 0 Å². The number of carbonyl (C=O) groups excluding carboxylic acids is 1. The molecule has 68 valence electrons. The molecular formula is C9H5F3O. The molecule has 1 rings (SSSR count). The first kappa shape index (κ1) is 9.51. The van der Waals surface area contributed by atoms with Crippen LogP contribution >= 0.6 is 0 Å². The average molecular weight is 186 g/mol. The molecule has 0 aliphatic rings. The Morgan fingerprint density at radius 1 is 1.23 bits per heavy atom. The Labute approximate surface area is 72.5 Å². The van der Waals surface area contributed by atoms with Crippen LogP contribution in [0.1, 0.15) is 10.4 Å². The topological polar surface area (TPSA) is 17.1 Å². The van der Waals surface area contributed by atoms with Crippen molar-refractivity contribution in [3.8, 4) is 0 Å². The summed E-state index contributed by atoms with van der Waals surface area (Å²) >= 11 is 0. The highest BCUT2D eigenvalue weighted by atomic mass is 19.1. The van der Waals surface area contributed by atoms with Crippen molar-refractivity contribution in [2.75, 3.05) is 0 Å². The van der Waals surface area contributed by atoms with E-state index in [0.717, 1.165) is 6.08 Å². The van der Waals surface area contributed by atoms with Crippen LogP contribution in [0.3, 0.4) is 0 Å². The molecule has 0 aliphatic carbocycles. The molecule has 0 aliphatic heterocycles. The lowest BCUT2D eigenvalue weighted by molar-refractivity contribution is 0.103. The monoisotopic (exact) mass is 186 g/mol. The number of benzene rings is 1. The van der Waals surface area contributed by atoms with E-state index in [-0.39, 0.29) is 0 Å². The third-order valence-electron chi connectivity index (χ3n) is 1.44. The van der Waals surface area contributed by atoms with Gasteiger partial charge in [-0.25, -0.2) is 13.2 Å². The van der Waals surface area contributed by atoms with Crippen LogP contribution in [0.25, 0.3) is 0 Å². The van der Waals surface area contributed by atoms with E-state index in [9.17, 15) is 18.0 Å². The van der Waals surface area contributed by atoms with Gasteiger partial charge in [0.1, 0.15) is 17.5 Å². The predicted molar refractivity (Wildman–Crippen MR) is 40.8 cm³/mol. The standard InChI is InChI=1S/C9H5F3O/c1-2-8(13)9-6(11)3-5(10)4-7(9)12/h2-4H,1H2. The minimum atomic E-state index is -1.22. The average Bonchev–Trinajstić information content (AvgIpc) is 2.02. The van der Waals surface area contributed by atoms with Gasteiger partial charge in [0, 0.05) is 12.1 Å². The van der Waals surface area contributed by atoms with Gasteiger partial charge in [-0.05, 0) is 6.08 Å². The van der Waals surface area contributed by atoms with Crippen LogP contribution in [0, 0.1) is 17.5 Å². The fourth-order valence-electron chi connectivity index (χ4n) is 0.880. The first-order chi connectivity index (χ1) is 6.06. The lowest BCUT2D eigenvalue weighted by atomic mass is 10.1. The molecule has 0 bridgehead atoms. The van der Waals surface area contributed by atoms with Gasteiger partial charge in [-0.1, -0.05) is 6.58 Å². The Hall–Kier alpha value is -1.58. The first-order valence-electron chi connectivity index (χ1n) is 3.37. The second-order valence-electron chi connectivity index (χ2n) is 2.31. The van der Waals surface area contributed by atoms with E-state index in [0.29, 0.717) is 12.1 Å².